The lowest BCUT2D eigenvalue weighted by Crippen LogP contribution is -2.19. The Kier molecular flexibility index (Phi) is 5.90. The van der Waals surface area contributed by atoms with Gasteiger partial charge >= 0.3 is 0 Å². The highest BCUT2D eigenvalue weighted by atomic mass is 79.9. The molecule has 2 rings (SSSR count). The predicted octanol–water partition coefficient (Wildman–Crippen LogP) is 4.70. The summed E-state index contributed by atoms with van der Waals surface area (Å²) in [5.74, 6) is 0. The Bertz CT molecular complexity index is 610. The molecule has 1 unspecified atom stereocenters. The van der Waals surface area contributed by atoms with Gasteiger partial charge in [0.05, 0.1) is 10.7 Å². The van der Waals surface area contributed by atoms with Crippen molar-refractivity contribution in [1.29, 1.82) is 0 Å². The van der Waals surface area contributed by atoms with Crippen LogP contribution in [0.3, 0.4) is 0 Å². The largest absolute Gasteiger partial charge is 0.310 e. The second-order valence-electron chi connectivity index (χ2n) is 5.21. The predicted molar refractivity (Wildman–Crippen MR) is 92.9 cm³/mol. The van der Waals surface area contributed by atoms with Gasteiger partial charge < -0.3 is 5.32 Å². The van der Waals surface area contributed by atoms with Crippen molar-refractivity contribution in [1.82, 2.24) is 15.1 Å². The fraction of sp³-hybridized carbons (Fsp3) is 0.438. The summed E-state index contributed by atoms with van der Waals surface area (Å²) in [6, 6.07) is 9.03. The van der Waals surface area contributed by atoms with Crippen molar-refractivity contribution in [3.8, 4) is 0 Å². The van der Waals surface area contributed by atoms with Gasteiger partial charge in [-0.1, -0.05) is 40.7 Å². The third-order valence-electron chi connectivity index (χ3n) is 3.32. The van der Waals surface area contributed by atoms with Crippen LogP contribution < -0.4 is 5.32 Å². The number of aryl methyl sites for hydroxylation is 2. The molecule has 3 nitrogen and oxygen atoms in total. The highest BCUT2D eigenvalue weighted by Gasteiger charge is 2.11. The first kappa shape index (κ1) is 16.6. The normalized spacial score (nSPS) is 12.6. The van der Waals surface area contributed by atoms with Crippen LogP contribution in [0.2, 0.25) is 0 Å². The van der Waals surface area contributed by atoms with Crippen LogP contribution in [0.15, 0.2) is 38.7 Å². The summed E-state index contributed by atoms with van der Waals surface area (Å²) in [6.07, 6.45) is 1.15. The summed E-state index contributed by atoms with van der Waals surface area (Å²) in [5, 5.41) is 9.06. The van der Waals surface area contributed by atoms with E-state index in [-0.39, 0.29) is 0 Å². The highest BCUT2D eigenvalue weighted by molar-refractivity contribution is 9.10. The van der Waals surface area contributed by atoms with Crippen LogP contribution in [0.4, 0.5) is 0 Å². The van der Waals surface area contributed by atoms with Crippen molar-refractivity contribution in [3.63, 3.8) is 0 Å². The fourth-order valence-corrected chi connectivity index (χ4v) is 4.03. The molecule has 1 aromatic carbocycles. The maximum absolute atomic E-state index is 4.38. The third kappa shape index (κ3) is 4.34. The van der Waals surface area contributed by atoms with Crippen molar-refractivity contribution in [2.24, 2.45) is 7.05 Å². The van der Waals surface area contributed by atoms with Crippen LogP contribution in [0.1, 0.15) is 37.6 Å². The lowest BCUT2D eigenvalue weighted by molar-refractivity contribution is 0.568. The van der Waals surface area contributed by atoms with Gasteiger partial charge in [-0.2, -0.15) is 5.10 Å². The standard InChI is InChI=1S/C16H22BrN3S/c1-5-8-18-12(3)14-7-6-13(10-15(14)17)21-16-9-11(2)19-20(16)4/h6-7,9-10,12,18H,5,8H2,1-4H3. The Balaban J connectivity index is 2.13. The Morgan fingerprint density at radius 3 is 2.71 bits per heavy atom. The van der Waals surface area contributed by atoms with Gasteiger partial charge in [-0.05, 0) is 50.6 Å². The zero-order valence-electron chi connectivity index (χ0n) is 13.0. The minimum Gasteiger partial charge on any atom is -0.310 e. The Morgan fingerprint density at radius 1 is 1.38 bits per heavy atom. The highest BCUT2D eigenvalue weighted by Crippen LogP contribution is 2.33. The summed E-state index contributed by atoms with van der Waals surface area (Å²) in [7, 11) is 1.98. The van der Waals surface area contributed by atoms with Crippen molar-refractivity contribution >= 4 is 27.7 Å². The molecule has 0 aliphatic carbocycles. The van der Waals surface area contributed by atoms with Crippen molar-refractivity contribution < 1.29 is 0 Å². The molecule has 0 saturated carbocycles. The third-order valence-corrected chi connectivity index (χ3v) is 5.09. The topological polar surface area (TPSA) is 29.9 Å². The Morgan fingerprint density at radius 2 is 2.14 bits per heavy atom. The van der Waals surface area contributed by atoms with Crippen LogP contribution in [-0.2, 0) is 7.05 Å². The van der Waals surface area contributed by atoms with Crippen LogP contribution in [-0.4, -0.2) is 16.3 Å². The summed E-state index contributed by atoms with van der Waals surface area (Å²) in [5.41, 5.74) is 2.35. The van der Waals surface area contributed by atoms with E-state index >= 15 is 0 Å². The van der Waals surface area contributed by atoms with E-state index in [0.29, 0.717) is 6.04 Å². The smallest absolute Gasteiger partial charge is 0.0986 e. The first-order valence-corrected chi connectivity index (χ1v) is 8.83. The molecule has 5 heteroatoms. The molecule has 0 aliphatic heterocycles. The van der Waals surface area contributed by atoms with Gasteiger partial charge in [0.25, 0.3) is 0 Å². The minimum atomic E-state index is 0.359. The van der Waals surface area contributed by atoms with Gasteiger partial charge in [0.2, 0.25) is 0 Å². The van der Waals surface area contributed by atoms with Gasteiger partial charge in [-0.3, -0.25) is 4.68 Å². The SMILES string of the molecule is CCCNC(C)c1ccc(Sc2cc(C)nn2C)cc1Br. The van der Waals surface area contributed by atoms with Crippen LogP contribution >= 0.6 is 27.7 Å². The number of hydrogen-bond donors (Lipinski definition) is 1. The summed E-state index contributed by atoms with van der Waals surface area (Å²) in [4.78, 5) is 1.22. The van der Waals surface area contributed by atoms with Crippen molar-refractivity contribution in [2.45, 2.75) is 43.2 Å². The number of nitrogens with zero attached hydrogens (tertiary/aromatic N) is 2. The maximum atomic E-state index is 4.38. The van der Waals surface area contributed by atoms with E-state index in [4.69, 9.17) is 0 Å². The fourth-order valence-electron chi connectivity index (χ4n) is 2.20. The summed E-state index contributed by atoms with van der Waals surface area (Å²) in [6.45, 7) is 7.44. The second kappa shape index (κ2) is 7.47. The van der Waals surface area contributed by atoms with E-state index in [2.05, 4.69) is 64.5 Å². The number of benzene rings is 1. The zero-order chi connectivity index (χ0) is 15.4. The Labute approximate surface area is 139 Å². The molecule has 0 fully saturated rings. The summed E-state index contributed by atoms with van der Waals surface area (Å²) < 4.78 is 3.08. The zero-order valence-corrected chi connectivity index (χ0v) is 15.4. The lowest BCUT2D eigenvalue weighted by Gasteiger charge is -2.16. The average molecular weight is 368 g/mol. The van der Waals surface area contributed by atoms with E-state index in [1.165, 1.54) is 10.5 Å². The molecular formula is C16H22BrN3S. The molecule has 0 radical (unpaired) electrons. The van der Waals surface area contributed by atoms with E-state index in [0.717, 1.165) is 28.2 Å². The first-order valence-electron chi connectivity index (χ1n) is 7.22. The number of rotatable bonds is 6. The molecule has 2 aromatic rings. The lowest BCUT2D eigenvalue weighted by atomic mass is 10.1. The molecule has 1 aromatic heterocycles. The van der Waals surface area contributed by atoms with E-state index in [9.17, 15) is 0 Å². The van der Waals surface area contributed by atoms with E-state index in [1.54, 1.807) is 11.8 Å². The van der Waals surface area contributed by atoms with Gasteiger partial charge in [0.15, 0.2) is 0 Å². The number of hydrogen-bond acceptors (Lipinski definition) is 3. The first-order chi connectivity index (χ1) is 10.0. The molecule has 1 N–H and O–H groups in total. The number of aromatic nitrogens is 2. The molecule has 21 heavy (non-hydrogen) atoms. The van der Waals surface area contributed by atoms with Crippen LogP contribution in [0.25, 0.3) is 0 Å². The van der Waals surface area contributed by atoms with E-state index < -0.39 is 0 Å². The Hall–Kier alpha value is -0.780. The minimum absolute atomic E-state index is 0.359. The summed E-state index contributed by atoms with van der Waals surface area (Å²) >= 11 is 5.44. The van der Waals surface area contributed by atoms with Crippen LogP contribution in [0, 0.1) is 6.92 Å². The molecule has 114 valence electrons. The quantitative estimate of drug-likeness (QED) is 0.801. The molecular weight excluding hydrogens is 346 g/mol. The molecule has 0 spiro atoms. The van der Waals surface area contributed by atoms with Gasteiger partial charge in [-0.25, -0.2) is 0 Å². The molecule has 0 amide bonds. The van der Waals surface area contributed by atoms with Crippen molar-refractivity contribution in [2.75, 3.05) is 6.54 Å². The molecule has 0 bridgehead atoms. The average Bonchev–Trinajstić information content (AvgIpc) is 2.74. The van der Waals surface area contributed by atoms with Crippen LogP contribution in [0.5, 0.6) is 0 Å². The van der Waals surface area contributed by atoms with Gasteiger partial charge in [0, 0.05) is 22.5 Å². The molecule has 1 heterocycles. The second-order valence-corrected chi connectivity index (χ2v) is 7.16. The van der Waals surface area contributed by atoms with Crippen molar-refractivity contribution in [3.05, 3.63) is 40.0 Å². The van der Waals surface area contributed by atoms with E-state index in [1.807, 2.05) is 18.7 Å². The van der Waals surface area contributed by atoms with Gasteiger partial charge in [0.1, 0.15) is 0 Å². The van der Waals surface area contributed by atoms with Gasteiger partial charge in [-0.15, -0.1) is 0 Å². The maximum Gasteiger partial charge on any atom is 0.0986 e. The molecule has 0 saturated heterocycles. The number of halogens is 1. The monoisotopic (exact) mass is 367 g/mol. The molecule has 1 atom stereocenters. The molecule has 0 aliphatic rings. The number of nitrogens with one attached hydrogen (secondary N) is 1.